The Morgan fingerprint density at radius 2 is 1.79 bits per heavy atom. The number of anilines is 2. The molecule has 2 aromatic rings. The van der Waals surface area contributed by atoms with E-state index in [4.69, 9.17) is 21.1 Å². The zero-order chi connectivity index (χ0) is 20.4. The average Bonchev–Trinajstić information content (AvgIpc) is 2.91. The van der Waals surface area contributed by atoms with Gasteiger partial charge in [0.25, 0.3) is 11.8 Å². The molecular formula is C20H17ClN2O5. The van der Waals surface area contributed by atoms with E-state index >= 15 is 0 Å². The van der Waals surface area contributed by atoms with Crippen molar-refractivity contribution in [3.8, 4) is 5.75 Å². The van der Waals surface area contributed by atoms with E-state index in [1.807, 2.05) is 13.0 Å². The summed E-state index contributed by atoms with van der Waals surface area (Å²) in [5.41, 5.74) is 1.47. The number of para-hydroxylation sites is 1. The lowest BCUT2D eigenvalue weighted by Crippen LogP contribution is -2.33. The molecule has 2 aromatic carbocycles. The maximum atomic E-state index is 13.0. The van der Waals surface area contributed by atoms with Crippen molar-refractivity contribution in [2.45, 2.75) is 6.92 Å². The Labute approximate surface area is 166 Å². The van der Waals surface area contributed by atoms with Gasteiger partial charge in [-0.15, -0.1) is 0 Å². The van der Waals surface area contributed by atoms with Crippen molar-refractivity contribution in [2.24, 2.45) is 0 Å². The van der Waals surface area contributed by atoms with Gasteiger partial charge in [0.1, 0.15) is 16.5 Å². The molecule has 0 fully saturated rings. The summed E-state index contributed by atoms with van der Waals surface area (Å²) in [6.07, 6.45) is 0. The predicted octanol–water partition coefficient (Wildman–Crippen LogP) is 3.23. The van der Waals surface area contributed by atoms with Crippen LogP contribution in [0.1, 0.15) is 15.9 Å². The normalized spacial score (nSPS) is 13.8. The minimum atomic E-state index is -0.739. The smallest absolute Gasteiger partial charge is 0.339 e. The van der Waals surface area contributed by atoms with Crippen LogP contribution in [0.3, 0.4) is 0 Å². The summed E-state index contributed by atoms with van der Waals surface area (Å²) >= 11 is 6.17. The maximum Gasteiger partial charge on any atom is 0.339 e. The van der Waals surface area contributed by atoms with E-state index in [0.717, 1.165) is 10.5 Å². The Kier molecular flexibility index (Phi) is 5.37. The monoisotopic (exact) mass is 400 g/mol. The van der Waals surface area contributed by atoms with Gasteiger partial charge in [-0.2, -0.15) is 0 Å². The van der Waals surface area contributed by atoms with E-state index < -0.39 is 17.8 Å². The number of halogens is 1. The topological polar surface area (TPSA) is 84.9 Å². The first-order chi connectivity index (χ1) is 13.4. The number of imide groups is 1. The van der Waals surface area contributed by atoms with Crippen molar-refractivity contribution >= 4 is 40.8 Å². The van der Waals surface area contributed by atoms with Gasteiger partial charge >= 0.3 is 5.97 Å². The largest absolute Gasteiger partial charge is 0.495 e. The summed E-state index contributed by atoms with van der Waals surface area (Å²) in [5, 5.41) is 2.60. The first-order valence-corrected chi connectivity index (χ1v) is 8.64. The third kappa shape index (κ3) is 3.32. The van der Waals surface area contributed by atoms with Crippen LogP contribution in [0.5, 0.6) is 5.75 Å². The van der Waals surface area contributed by atoms with Crippen LogP contribution in [0.2, 0.25) is 0 Å². The SMILES string of the molecule is COC(=O)c1ccccc1N1C(=O)C(Cl)=C(Nc2cc(C)ccc2OC)C1=O. The number of aryl methyl sites for hydroxylation is 1. The molecule has 28 heavy (non-hydrogen) atoms. The number of hydrogen-bond acceptors (Lipinski definition) is 6. The van der Waals surface area contributed by atoms with Gasteiger partial charge in [0.15, 0.2) is 0 Å². The van der Waals surface area contributed by atoms with Gasteiger partial charge in [0, 0.05) is 0 Å². The van der Waals surface area contributed by atoms with Crippen molar-refractivity contribution in [1.29, 1.82) is 0 Å². The second-order valence-corrected chi connectivity index (χ2v) is 6.35. The molecule has 0 unspecified atom stereocenters. The molecule has 0 aliphatic carbocycles. The molecule has 7 nitrogen and oxygen atoms in total. The lowest BCUT2D eigenvalue weighted by molar-refractivity contribution is -0.120. The Bertz CT molecular complexity index is 1020. The molecule has 1 heterocycles. The highest BCUT2D eigenvalue weighted by atomic mass is 35.5. The molecule has 0 aromatic heterocycles. The van der Waals surface area contributed by atoms with E-state index in [2.05, 4.69) is 5.32 Å². The fraction of sp³-hybridized carbons (Fsp3) is 0.150. The maximum absolute atomic E-state index is 13.0. The highest BCUT2D eigenvalue weighted by Gasteiger charge is 2.40. The lowest BCUT2D eigenvalue weighted by atomic mass is 10.1. The van der Waals surface area contributed by atoms with Crippen molar-refractivity contribution < 1.29 is 23.9 Å². The van der Waals surface area contributed by atoms with Gasteiger partial charge in [0.05, 0.1) is 31.2 Å². The molecule has 1 aliphatic heterocycles. The van der Waals surface area contributed by atoms with Crippen LogP contribution in [0.25, 0.3) is 0 Å². The number of amides is 2. The third-order valence-corrected chi connectivity index (χ3v) is 4.54. The number of methoxy groups -OCH3 is 2. The molecule has 2 amide bonds. The standard InChI is InChI=1S/C20H17ClN2O5/c1-11-8-9-15(27-2)13(10-11)22-17-16(21)18(24)23(19(17)25)14-7-5-4-6-12(14)20(26)28-3/h4-10,22H,1-3H3. The van der Waals surface area contributed by atoms with E-state index in [1.54, 1.807) is 24.3 Å². The highest BCUT2D eigenvalue weighted by molar-refractivity contribution is 6.53. The Balaban J connectivity index is 2.01. The fourth-order valence-electron chi connectivity index (χ4n) is 2.84. The number of rotatable bonds is 5. The van der Waals surface area contributed by atoms with Crippen molar-refractivity contribution in [3.63, 3.8) is 0 Å². The molecule has 0 bridgehead atoms. The summed E-state index contributed by atoms with van der Waals surface area (Å²) in [7, 11) is 2.71. The van der Waals surface area contributed by atoms with Crippen LogP contribution in [-0.2, 0) is 14.3 Å². The number of benzene rings is 2. The number of nitrogens with zero attached hydrogens (tertiary/aromatic N) is 1. The van der Waals surface area contributed by atoms with Crippen LogP contribution in [0.4, 0.5) is 11.4 Å². The quantitative estimate of drug-likeness (QED) is 0.612. The van der Waals surface area contributed by atoms with Gasteiger partial charge in [-0.05, 0) is 36.8 Å². The summed E-state index contributed by atoms with van der Waals surface area (Å²) in [6, 6.07) is 11.5. The van der Waals surface area contributed by atoms with E-state index in [0.29, 0.717) is 11.4 Å². The lowest BCUT2D eigenvalue weighted by Gasteiger charge is -2.18. The molecule has 0 spiro atoms. The van der Waals surface area contributed by atoms with Crippen LogP contribution >= 0.6 is 11.6 Å². The second-order valence-electron chi connectivity index (χ2n) is 5.97. The molecule has 0 saturated heterocycles. The Morgan fingerprint density at radius 3 is 2.46 bits per heavy atom. The number of nitrogens with one attached hydrogen (secondary N) is 1. The predicted molar refractivity (Wildman–Crippen MR) is 105 cm³/mol. The number of carbonyl (C=O) groups is 3. The number of esters is 1. The minimum Gasteiger partial charge on any atom is -0.495 e. The van der Waals surface area contributed by atoms with Crippen LogP contribution in [-0.4, -0.2) is 32.0 Å². The van der Waals surface area contributed by atoms with Crippen molar-refractivity contribution in [1.82, 2.24) is 0 Å². The second kappa shape index (κ2) is 7.74. The van der Waals surface area contributed by atoms with E-state index in [1.165, 1.54) is 26.4 Å². The van der Waals surface area contributed by atoms with Crippen molar-refractivity contribution in [2.75, 3.05) is 24.4 Å². The fourth-order valence-corrected chi connectivity index (χ4v) is 3.05. The summed E-state index contributed by atoms with van der Waals surface area (Å²) in [6.45, 7) is 1.88. The first-order valence-electron chi connectivity index (χ1n) is 8.26. The molecule has 0 radical (unpaired) electrons. The summed E-state index contributed by atoms with van der Waals surface area (Å²) in [5.74, 6) is -1.61. The number of ether oxygens (including phenoxy) is 2. The van der Waals surface area contributed by atoms with Crippen LogP contribution in [0, 0.1) is 6.92 Å². The van der Waals surface area contributed by atoms with Gasteiger partial charge in [-0.25, -0.2) is 9.69 Å². The van der Waals surface area contributed by atoms with Crippen molar-refractivity contribution in [3.05, 3.63) is 64.3 Å². The molecule has 144 valence electrons. The van der Waals surface area contributed by atoms with Crippen LogP contribution in [0.15, 0.2) is 53.2 Å². The van der Waals surface area contributed by atoms with E-state index in [9.17, 15) is 14.4 Å². The Morgan fingerprint density at radius 1 is 1.07 bits per heavy atom. The first kappa shape index (κ1) is 19.4. The molecule has 0 atom stereocenters. The molecule has 0 saturated carbocycles. The Hall–Kier alpha value is -3.32. The molecular weight excluding hydrogens is 384 g/mol. The third-order valence-electron chi connectivity index (χ3n) is 4.19. The minimum absolute atomic E-state index is 0.0746. The molecule has 1 aliphatic rings. The van der Waals surface area contributed by atoms with Gasteiger partial charge < -0.3 is 14.8 Å². The number of hydrogen-bond donors (Lipinski definition) is 1. The molecule has 1 N–H and O–H groups in total. The summed E-state index contributed by atoms with van der Waals surface area (Å²) in [4.78, 5) is 38.6. The van der Waals surface area contributed by atoms with Gasteiger partial charge in [-0.1, -0.05) is 29.8 Å². The highest BCUT2D eigenvalue weighted by Crippen LogP contribution is 2.34. The van der Waals surface area contributed by atoms with Gasteiger partial charge in [-0.3, -0.25) is 9.59 Å². The number of carbonyl (C=O) groups excluding carboxylic acids is 3. The molecule has 3 rings (SSSR count). The molecule has 8 heteroatoms. The zero-order valence-electron chi connectivity index (χ0n) is 15.4. The summed E-state index contributed by atoms with van der Waals surface area (Å²) < 4.78 is 10.0. The zero-order valence-corrected chi connectivity index (χ0v) is 16.2. The van der Waals surface area contributed by atoms with E-state index in [-0.39, 0.29) is 22.0 Å². The van der Waals surface area contributed by atoms with Gasteiger partial charge in [0.2, 0.25) is 0 Å². The van der Waals surface area contributed by atoms with Crippen LogP contribution < -0.4 is 15.0 Å². The average molecular weight is 401 g/mol.